The second-order valence-corrected chi connectivity index (χ2v) is 12.2. The van der Waals surface area contributed by atoms with Crippen LogP contribution in [0.3, 0.4) is 0 Å². The van der Waals surface area contributed by atoms with Crippen LogP contribution in [-0.2, 0) is 4.79 Å². The number of carbonyl (C=O) groups excluding carboxylic acids is 2. The van der Waals surface area contributed by atoms with Crippen molar-refractivity contribution >= 4 is 46.0 Å². The summed E-state index contributed by atoms with van der Waals surface area (Å²) in [5.74, 6) is 0.445. The summed E-state index contributed by atoms with van der Waals surface area (Å²) in [5, 5.41) is 15.8. The van der Waals surface area contributed by atoms with Crippen molar-refractivity contribution in [2.45, 2.75) is 12.2 Å². The Labute approximate surface area is 261 Å². The van der Waals surface area contributed by atoms with Crippen LogP contribution in [0.5, 0.6) is 11.5 Å². The van der Waals surface area contributed by atoms with Gasteiger partial charge in [-0.2, -0.15) is 0 Å². The highest BCUT2D eigenvalue weighted by atomic mass is 35.5. The van der Waals surface area contributed by atoms with Crippen molar-refractivity contribution < 1.29 is 19.4 Å². The first kappa shape index (κ1) is 30.9. The van der Waals surface area contributed by atoms with Gasteiger partial charge in [0.15, 0.2) is 0 Å². The number of rotatable bonds is 11. The number of carbonyl (C=O) groups is 2. The second-order valence-electron chi connectivity index (χ2n) is 10.6. The molecule has 0 aromatic heterocycles. The van der Waals surface area contributed by atoms with Crippen molar-refractivity contribution in [1.29, 1.82) is 0 Å². The Morgan fingerprint density at radius 3 is 2.28 bits per heavy atom. The molecular weight excluding hydrogens is 582 g/mol. The van der Waals surface area contributed by atoms with Gasteiger partial charge in [-0.3, -0.25) is 19.4 Å². The Bertz CT molecular complexity index is 1540. The third kappa shape index (κ3) is 8.30. The molecule has 1 fully saturated rings. The monoisotopic (exact) mass is 617 g/mol. The van der Waals surface area contributed by atoms with Gasteiger partial charge in [-0.15, -0.1) is 11.8 Å². The number of ether oxygens (including phenoxy) is 1. The average Bonchev–Trinajstić information content (AvgIpc) is 3.01. The molecule has 7 nitrogen and oxygen atoms in total. The topological polar surface area (TPSA) is 82.1 Å². The van der Waals surface area contributed by atoms with Crippen LogP contribution in [0.25, 0.3) is 10.8 Å². The number of thioether (sulfide) groups is 1. The van der Waals surface area contributed by atoms with Gasteiger partial charge in [0, 0.05) is 68.9 Å². The van der Waals surface area contributed by atoms with Crippen molar-refractivity contribution in [3.8, 4) is 11.5 Å². The van der Waals surface area contributed by atoms with E-state index in [0.717, 1.165) is 50.0 Å². The molecule has 4 aromatic carbocycles. The van der Waals surface area contributed by atoms with E-state index >= 15 is 0 Å². The number of aromatic hydroxyl groups is 1. The molecule has 1 aliphatic rings. The van der Waals surface area contributed by atoms with E-state index < -0.39 is 5.97 Å². The molecular formula is C34H36ClN3O4S. The van der Waals surface area contributed by atoms with E-state index in [1.165, 1.54) is 24.1 Å². The van der Waals surface area contributed by atoms with Crippen LogP contribution in [0.15, 0.2) is 84.9 Å². The van der Waals surface area contributed by atoms with E-state index in [2.05, 4.69) is 57.6 Å². The fourth-order valence-electron chi connectivity index (χ4n) is 5.32. The molecule has 1 saturated heterocycles. The Hall–Kier alpha value is -3.56. The van der Waals surface area contributed by atoms with Gasteiger partial charge in [-0.25, -0.2) is 0 Å². The SMILES string of the molecule is CC(=O)Oc1cccc2cc(C(=O)NCCN3CCN(CCSC(c4ccccc4)c4ccc(Cl)cc4)CC3)c(O)cc12. The van der Waals surface area contributed by atoms with Crippen molar-refractivity contribution in [2.75, 3.05) is 51.6 Å². The zero-order valence-corrected chi connectivity index (χ0v) is 25.7. The molecule has 224 valence electrons. The highest BCUT2D eigenvalue weighted by molar-refractivity contribution is 7.99. The normalized spacial score (nSPS) is 14.8. The Balaban J connectivity index is 1.07. The molecule has 9 heteroatoms. The van der Waals surface area contributed by atoms with E-state index in [-0.39, 0.29) is 22.5 Å². The first-order valence-corrected chi connectivity index (χ1v) is 15.9. The fraction of sp³-hybridized carbons (Fsp3) is 0.294. The Kier molecular flexibility index (Phi) is 10.6. The summed E-state index contributed by atoms with van der Waals surface area (Å²) < 4.78 is 5.23. The van der Waals surface area contributed by atoms with Gasteiger partial charge in [0.2, 0.25) is 0 Å². The van der Waals surface area contributed by atoms with Crippen molar-refractivity contribution in [2.24, 2.45) is 0 Å². The lowest BCUT2D eigenvalue weighted by atomic mass is 10.0. The van der Waals surface area contributed by atoms with Gasteiger partial charge in [-0.05, 0) is 46.8 Å². The number of fused-ring (bicyclic) bond motifs is 1. The minimum absolute atomic E-state index is 0.151. The van der Waals surface area contributed by atoms with Gasteiger partial charge in [0.25, 0.3) is 5.91 Å². The molecule has 1 amide bonds. The predicted octanol–water partition coefficient (Wildman–Crippen LogP) is 5.99. The van der Waals surface area contributed by atoms with Crippen LogP contribution >= 0.6 is 23.4 Å². The van der Waals surface area contributed by atoms with Crippen molar-refractivity contribution in [3.63, 3.8) is 0 Å². The number of piperazine rings is 1. The minimum atomic E-state index is -0.445. The number of esters is 1. The smallest absolute Gasteiger partial charge is 0.308 e. The molecule has 1 aliphatic heterocycles. The maximum absolute atomic E-state index is 12.9. The molecule has 0 saturated carbocycles. The Morgan fingerprint density at radius 1 is 0.907 bits per heavy atom. The largest absolute Gasteiger partial charge is 0.507 e. The molecule has 0 spiro atoms. The number of nitrogens with one attached hydrogen (secondary N) is 1. The van der Waals surface area contributed by atoms with Crippen LogP contribution in [0.4, 0.5) is 0 Å². The van der Waals surface area contributed by atoms with Gasteiger partial charge in [-0.1, -0.05) is 66.2 Å². The number of hydrogen-bond donors (Lipinski definition) is 2. The summed E-state index contributed by atoms with van der Waals surface area (Å²) in [6.07, 6.45) is 0. The number of hydrogen-bond acceptors (Lipinski definition) is 7. The number of phenols is 1. The first-order valence-electron chi connectivity index (χ1n) is 14.5. The lowest BCUT2D eigenvalue weighted by molar-refractivity contribution is -0.131. The average molecular weight is 618 g/mol. The minimum Gasteiger partial charge on any atom is -0.507 e. The summed E-state index contributed by atoms with van der Waals surface area (Å²) in [4.78, 5) is 29.1. The van der Waals surface area contributed by atoms with Crippen LogP contribution in [0.2, 0.25) is 5.02 Å². The fourth-order valence-corrected chi connectivity index (χ4v) is 6.74. The number of halogens is 1. The van der Waals surface area contributed by atoms with Crippen LogP contribution in [-0.4, -0.2) is 78.3 Å². The summed E-state index contributed by atoms with van der Waals surface area (Å²) >= 11 is 8.10. The summed E-state index contributed by atoms with van der Waals surface area (Å²) in [7, 11) is 0. The summed E-state index contributed by atoms with van der Waals surface area (Å²) in [6.45, 7) is 7.44. The Morgan fingerprint density at radius 2 is 1.58 bits per heavy atom. The molecule has 4 aromatic rings. The van der Waals surface area contributed by atoms with Gasteiger partial charge < -0.3 is 15.2 Å². The van der Waals surface area contributed by atoms with Gasteiger partial charge >= 0.3 is 5.97 Å². The highest BCUT2D eigenvalue weighted by Crippen LogP contribution is 2.36. The standard InChI is InChI=1S/C34H36ClN3O4S/c1-24(39)42-32-9-5-8-27-22-30(31(40)23-29(27)32)34(41)36-14-15-37-16-18-38(19-17-37)20-21-43-33(25-6-3-2-4-7-25)26-10-12-28(35)13-11-26/h2-13,22-23,33,40H,14-21H2,1H3,(H,36,41). The predicted molar refractivity (Wildman–Crippen MR) is 174 cm³/mol. The number of nitrogens with zero attached hydrogens (tertiary/aromatic N) is 2. The molecule has 0 bridgehead atoms. The number of phenolic OH excluding ortho intramolecular Hbond substituents is 1. The molecule has 0 radical (unpaired) electrons. The van der Waals surface area contributed by atoms with Crippen molar-refractivity contribution in [1.82, 2.24) is 15.1 Å². The van der Waals surface area contributed by atoms with E-state index in [4.69, 9.17) is 16.3 Å². The first-order chi connectivity index (χ1) is 20.9. The van der Waals surface area contributed by atoms with E-state index in [1.807, 2.05) is 30.0 Å². The van der Waals surface area contributed by atoms with Crippen LogP contribution in [0.1, 0.15) is 33.7 Å². The van der Waals surface area contributed by atoms with Crippen molar-refractivity contribution in [3.05, 3.63) is 107 Å². The molecule has 1 atom stereocenters. The quantitative estimate of drug-likeness (QED) is 0.158. The van der Waals surface area contributed by atoms with Crippen LogP contribution in [0, 0.1) is 0 Å². The third-order valence-corrected chi connectivity index (χ3v) is 9.15. The summed E-state index contributed by atoms with van der Waals surface area (Å²) in [6, 6.07) is 27.1. The molecule has 1 unspecified atom stereocenters. The zero-order chi connectivity index (χ0) is 30.2. The number of benzene rings is 4. The van der Waals surface area contributed by atoms with E-state index in [9.17, 15) is 14.7 Å². The van der Waals surface area contributed by atoms with E-state index in [0.29, 0.717) is 23.1 Å². The summed E-state index contributed by atoms with van der Waals surface area (Å²) in [5.41, 5.74) is 2.75. The maximum atomic E-state index is 12.9. The number of amides is 1. The molecule has 5 rings (SSSR count). The lowest BCUT2D eigenvalue weighted by Crippen LogP contribution is -2.48. The molecule has 0 aliphatic carbocycles. The molecule has 2 N–H and O–H groups in total. The van der Waals surface area contributed by atoms with Crippen LogP contribution < -0.4 is 10.1 Å². The third-order valence-electron chi connectivity index (χ3n) is 7.60. The molecule has 1 heterocycles. The second kappa shape index (κ2) is 14.8. The zero-order valence-electron chi connectivity index (χ0n) is 24.2. The van der Waals surface area contributed by atoms with Gasteiger partial charge in [0.1, 0.15) is 11.5 Å². The highest BCUT2D eigenvalue weighted by Gasteiger charge is 2.20. The maximum Gasteiger partial charge on any atom is 0.308 e. The van der Waals surface area contributed by atoms with Gasteiger partial charge in [0.05, 0.1) is 10.8 Å². The molecule has 43 heavy (non-hydrogen) atoms. The van der Waals surface area contributed by atoms with E-state index in [1.54, 1.807) is 18.2 Å². The lowest BCUT2D eigenvalue weighted by Gasteiger charge is -2.34.